The maximum absolute atomic E-state index is 4.52. The van der Waals surface area contributed by atoms with Crippen LogP contribution in [0.15, 0.2) is 29.3 Å². The van der Waals surface area contributed by atoms with Gasteiger partial charge in [-0.25, -0.2) is 0 Å². The van der Waals surface area contributed by atoms with E-state index in [4.69, 9.17) is 0 Å². The van der Waals surface area contributed by atoms with Crippen LogP contribution < -0.4 is 5.32 Å². The van der Waals surface area contributed by atoms with E-state index in [1.165, 1.54) is 24.8 Å². The van der Waals surface area contributed by atoms with Gasteiger partial charge in [-0.15, -0.1) is 0 Å². The summed E-state index contributed by atoms with van der Waals surface area (Å²) in [5.41, 5.74) is 2.57. The Hall–Kier alpha value is -0.960. The first-order valence-corrected chi connectivity index (χ1v) is 7.33. The Morgan fingerprint density at radius 1 is 1.35 bits per heavy atom. The molecule has 92 valence electrons. The quantitative estimate of drug-likeness (QED) is 0.873. The Kier molecular flexibility index (Phi) is 4.49. The molecular weight excluding hydrogens is 228 g/mol. The van der Waals surface area contributed by atoms with Gasteiger partial charge in [0.1, 0.15) is 0 Å². The number of amidine groups is 1. The second-order valence-electron chi connectivity index (χ2n) is 4.52. The molecule has 0 saturated carbocycles. The third kappa shape index (κ3) is 3.77. The standard InChI is InChI=1S/C14H20N2S/c1-3-4-5-12-6-8-13(9-7-12)16-14-15-11(2)10-17-14/h6-9,11H,3-5,10H2,1-2H3,(H,15,16). The summed E-state index contributed by atoms with van der Waals surface area (Å²) in [4.78, 5) is 4.52. The van der Waals surface area contributed by atoms with Crippen molar-refractivity contribution in [1.29, 1.82) is 0 Å². The molecule has 1 unspecified atom stereocenters. The van der Waals surface area contributed by atoms with E-state index in [0.717, 1.165) is 16.6 Å². The zero-order chi connectivity index (χ0) is 12.1. The lowest BCUT2D eigenvalue weighted by Gasteiger charge is -2.06. The zero-order valence-electron chi connectivity index (χ0n) is 10.6. The molecule has 17 heavy (non-hydrogen) atoms. The molecule has 0 aromatic heterocycles. The fourth-order valence-electron chi connectivity index (χ4n) is 1.80. The summed E-state index contributed by atoms with van der Waals surface area (Å²) in [6, 6.07) is 9.17. The highest BCUT2D eigenvalue weighted by molar-refractivity contribution is 8.14. The van der Waals surface area contributed by atoms with Gasteiger partial charge >= 0.3 is 0 Å². The summed E-state index contributed by atoms with van der Waals surface area (Å²) in [5, 5.41) is 4.42. The van der Waals surface area contributed by atoms with E-state index in [1.54, 1.807) is 11.8 Å². The SMILES string of the molecule is CCCCc1ccc(NC2=NC(C)CS2)cc1. The second kappa shape index (κ2) is 6.10. The summed E-state index contributed by atoms with van der Waals surface area (Å²) in [6.45, 7) is 4.38. The third-order valence-electron chi connectivity index (χ3n) is 2.82. The van der Waals surface area contributed by atoms with Crippen LogP contribution in [-0.4, -0.2) is 17.0 Å². The van der Waals surface area contributed by atoms with Crippen molar-refractivity contribution in [3.05, 3.63) is 29.8 Å². The molecule has 0 spiro atoms. The minimum atomic E-state index is 0.450. The predicted octanol–water partition coefficient (Wildman–Crippen LogP) is 3.93. The van der Waals surface area contributed by atoms with E-state index in [0.29, 0.717) is 6.04 Å². The van der Waals surface area contributed by atoms with Crippen molar-refractivity contribution < 1.29 is 0 Å². The number of rotatable bonds is 4. The van der Waals surface area contributed by atoms with Crippen molar-refractivity contribution in [2.75, 3.05) is 11.1 Å². The summed E-state index contributed by atoms with van der Waals surface area (Å²) in [7, 11) is 0. The van der Waals surface area contributed by atoms with Gasteiger partial charge in [-0.05, 0) is 37.5 Å². The first kappa shape index (κ1) is 12.5. The Morgan fingerprint density at radius 2 is 2.12 bits per heavy atom. The molecule has 1 aliphatic rings. The molecule has 2 rings (SSSR count). The Morgan fingerprint density at radius 3 is 2.71 bits per heavy atom. The average molecular weight is 248 g/mol. The maximum Gasteiger partial charge on any atom is 0.161 e. The number of hydrogen-bond acceptors (Lipinski definition) is 3. The monoisotopic (exact) mass is 248 g/mol. The number of nitrogens with one attached hydrogen (secondary N) is 1. The molecule has 1 aromatic rings. The van der Waals surface area contributed by atoms with Gasteiger partial charge in [0.05, 0.1) is 6.04 Å². The lowest BCUT2D eigenvalue weighted by molar-refractivity contribution is 0.795. The van der Waals surface area contributed by atoms with Crippen molar-refractivity contribution in [1.82, 2.24) is 0 Å². The first-order chi connectivity index (χ1) is 8.28. The molecule has 0 bridgehead atoms. The van der Waals surface area contributed by atoms with Gasteiger partial charge in [0, 0.05) is 11.4 Å². The van der Waals surface area contributed by atoms with Gasteiger partial charge in [-0.3, -0.25) is 4.99 Å². The Labute approximate surface area is 108 Å². The minimum absolute atomic E-state index is 0.450. The number of nitrogens with zero attached hydrogens (tertiary/aromatic N) is 1. The lowest BCUT2D eigenvalue weighted by Crippen LogP contribution is -2.04. The van der Waals surface area contributed by atoms with Crippen molar-refractivity contribution >= 4 is 22.6 Å². The second-order valence-corrected chi connectivity index (χ2v) is 5.53. The van der Waals surface area contributed by atoms with Crippen molar-refractivity contribution in [3.63, 3.8) is 0 Å². The molecule has 0 radical (unpaired) electrons. The molecule has 1 aromatic carbocycles. The molecule has 0 amide bonds. The van der Waals surface area contributed by atoms with Gasteiger partial charge in [0.2, 0.25) is 0 Å². The summed E-state index contributed by atoms with van der Waals surface area (Å²) < 4.78 is 0. The van der Waals surface area contributed by atoms with Crippen LogP contribution in [0.5, 0.6) is 0 Å². The molecular formula is C14H20N2S. The number of thioether (sulfide) groups is 1. The summed E-state index contributed by atoms with van der Waals surface area (Å²) in [5.74, 6) is 1.09. The number of hydrogen-bond donors (Lipinski definition) is 1. The van der Waals surface area contributed by atoms with Crippen molar-refractivity contribution in [2.24, 2.45) is 4.99 Å². The number of unbranched alkanes of at least 4 members (excludes halogenated alkanes) is 1. The fourth-order valence-corrected chi connectivity index (χ4v) is 2.72. The predicted molar refractivity (Wildman–Crippen MR) is 78.0 cm³/mol. The van der Waals surface area contributed by atoms with E-state index < -0.39 is 0 Å². The maximum atomic E-state index is 4.52. The smallest absolute Gasteiger partial charge is 0.161 e. The van der Waals surface area contributed by atoms with Crippen LogP contribution in [-0.2, 0) is 6.42 Å². The van der Waals surface area contributed by atoms with Crippen molar-refractivity contribution in [2.45, 2.75) is 39.2 Å². The Balaban J connectivity index is 1.91. The van der Waals surface area contributed by atoms with Crippen LogP contribution in [0.1, 0.15) is 32.3 Å². The van der Waals surface area contributed by atoms with Gasteiger partial charge in [-0.2, -0.15) is 0 Å². The van der Waals surface area contributed by atoms with Crippen LogP contribution in [0.25, 0.3) is 0 Å². The van der Waals surface area contributed by atoms with E-state index >= 15 is 0 Å². The lowest BCUT2D eigenvalue weighted by atomic mass is 10.1. The molecule has 0 saturated heterocycles. The van der Waals surface area contributed by atoms with Gasteiger partial charge in [0.15, 0.2) is 5.17 Å². The van der Waals surface area contributed by atoms with Crippen molar-refractivity contribution in [3.8, 4) is 0 Å². The molecule has 3 heteroatoms. The highest BCUT2D eigenvalue weighted by Gasteiger charge is 2.13. The van der Waals surface area contributed by atoms with Crippen LogP contribution in [0.4, 0.5) is 5.69 Å². The van der Waals surface area contributed by atoms with Crippen LogP contribution in [0.3, 0.4) is 0 Å². The Bertz CT molecular complexity index is 384. The average Bonchev–Trinajstić information content (AvgIpc) is 2.74. The minimum Gasteiger partial charge on any atom is -0.335 e. The van der Waals surface area contributed by atoms with Gasteiger partial charge in [0.25, 0.3) is 0 Å². The summed E-state index contributed by atoms with van der Waals surface area (Å²) in [6.07, 6.45) is 3.71. The number of aliphatic imine (C=N–C) groups is 1. The van der Waals surface area contributed by atoms with Crippen LogP contribution in [0.2, 0.25) is 0 Å². The summed E-state index contributed by atoms with van der Waals surface area (Å²) >= 11 is 1.80. The van der Waals surface area contributed by atoms with E-state index in [9.17, 15) is 0 Å². The van der Waals surface area contributed by atoms with E-state index in [2.05, 4.69) is 48.4 Å². The van der Waals surface area contributed by atoms with Crippen LogP contribution >= 0.6 is 11.8 Å². The normalized spacial score (nSPS) is 19.2. The van der Waals surface area contributed by atoms with Gasteiger partial charge in [-0.1, -0.05) is 37.2 Å². The van der Waals surface area contributed by atoms with Gasteiger partial charge < -0.3 is 5.32 Å². The highest BCUT2D eigenvalue weighted by atomic mass is 32.2. The molecule has 0 fully saturated rings. The van der Waals surface area contributed by atoms with E-state index in [-0.39, 0.29) is 0 Å². The molecule has 1 atom stereocenters. The molecule has 1 heterocycles. The highest BCUT2D eigenvalue weighted by Crippen LogP contribution is 2.20. The number of anilines is 1. The fraction of sp³-hybridized carbons (Fsp3) is 0.500. The largest absolute Gasteiger partial charge is 0.335 e. The van der Waals surface area contributed by atoms with E-state index in [1.807, 2.05) is 0 Å². The molecule has 2 nitrogen and oxygen atoms in total. The first-order valence-electron chi connectivity index (χ1n) is 6.34. The molecule has 0 aliphatic carbocycles. The number of benzene rings is 1. The van der Waals surface area contributed by atoms with Crippen LogP contribution in [0, 0.1) is 0 Å². The third-order valence-corrected chi connectivity index (χ3v) is 3.95. The molecule has 1 aliphatic heterocycles. The number of aryl methyl sites for hydroxylation is 1. The topological polar surface area (TPSA) is 24.4 Å². The molecule has 1 N–H and O–H groups in total. The zero-order valence-corrected chi connectivity index (χ0v) is 11.4.